The Bertz CT molecular complexity index is 687. The molecule has 21 heavy (non-hydrogen) atoms. The molecule has 0 aromatic heterocycles. The number of halogens is 1. The van der Waals surface area contributed by atoms with Crippen molar-refractivity contribution in [2.75, 3.05) is 18.9 Å². The van der Waals surface area contributed by atoms with Crippen molar-refractivity contribution in [3.05, 3.63) is 58.6 Å². The number of anilines is 1. The van der Waals surface area contributed by atoms with E-state index in [1.54, 1.807) is 12.1 Å². The van der Waals surface area contributed by atoms with Gasteiger partial charge in [0.2, 0.25) is 0 Å². The summed E-state index contributed by atoms with van der Waals surface area (Å²) in [5.41, 5.74) is 7.50. The molecule has 2 aromatic carbocycles. The van der Waals surface area contributed by atoms with E-state index in [-0.39, 0.29) is 12.5 Å². The van der Waals surface area contributed by atoms with Crippen LogP contribution in [0.5, 0.6) is 5.75 Å². The van der Waals surface area contributed by atoms with Gasteiger partial charge < -0.3 is 15.2 Å². The number of ether oxygens (including phenoxy) is 2. The highest BCUT2D eigenvalue weighted by atomic mass is 35.5. The van der Waals surface area contributed by atoms with Gasteiger partial charge in [-0.05, 0) is 24.3 Å². The van der Waals surface area contributed by atoms with Crippen LogP contribution in [-0.4, -0.2) is 19.2 Å². The molecule has 0 bridgehead atoms. The number of carbonyl (C=O) groups is 1. The zero-order valence-corrected chi connectivity index (χ0v) is 12.0. The largest absolute Gasteiger partial charge is 0.493 e. The molecule has 0 spiro atoms. The van der Waals surface area contributed by atoms with Crippen molar-refractivity contribution >= 4 is 23.3 Å². The van der Waals surface area contributed by atoms with E-state index < -0.39 is 5.97 Å². The quantitative estimate of drug-likeness (QED) is 0.698. The van der Waals surface area contributed by atoms with Gasteiger partial charge in [-0.1, -0.05) is 29.8 Å². The normalized spacial score (nSPS) is 16.1. The molecule has 1 aliphatic heterocycles. The van der Waals surface area contributed by atoms with Crippen LogP contribution in [0.2, 0.25) is 5.02 Å². The van der Waals surface area contributed by atoms with E-state index in [1.165, 1.54) is 6.07 Å². The molecule has 5 heteroatoms. The fraction of sp³-hybridized carbons (Fsp3) is 0.188. The minimum absolute atomic E-state index is 0.0646. The summed E-state index contributed by atoms with van der Waals surface area (Å²) in [6, 6.07) is 12.5. The molecule has 3 rings (SSSR count). The van der Waals surface area contributed by atoms with E-state index in [0.29, 0.717) is 22.9 Å². The lowest BCUT2D eigenvalue weighted by molar-refractivity contribution is 0.0470. The second-order valence-corrected chi connectivity index (χ2v) is 5.29. The number of para-hydroxylation sites is 1. The Morgan fingerprint density at radius 1 is 1.33 bits per heavy atom. The second-order valence-electron chi connectivity index (χ2n) is 4.88. The number of esters is 1. The van der Waals surface area contributed by atoms with E-state index in [1.807, 2.05) is 24.3 Å². The lowest BCUT2D eigenvalue weighted by Crippen LogP contribution is -2.14. The van der Waals surface area contributed by atoms with Crippen LogP contribution in [0.4, 0.5) is 5.69 Å². The number of nitrogen functional groups attached to an aromatic ring is 1. The van der Waals surface area contributed by atoms with Gasteiger partial charge in [-0.3, -0.25) is 0 Å². The molecule has 0 radical (unpaired) electrons. The van der Waals surface area contributed by atoms with Gasteiger partial charge in [0, 0.05) is 5.56 Å². The van der Waals surface area contributed by atoms with Gasteiger partial charge >= 0.3 is 5.97 Å². The van der Waals surface area contributed by atoms with Crippen LogP contribution in [0.1, 0.15) is 21.8 Å². The standard InChI is InChI=1S/C16H14ClNO3/c17-13-6-5-10(7-14(13)18)16(19)21-9-11-8-20-15-4-2-1-3-12(11)15/h1-7,11H,8-9,18H2. The number of hydrogen-bond donors (Lipinski definition) is 1. The smallest absolute Gasteiger partial charge is 0.338 e. The fourth-order valence-electron chi connectivity index (χ4n) is 2.30. The van der Waals surface area contributed by atoms with Crippen LogP contribution in [0.15, 0.2) is 42.5 Å². The predicted molar refractivity (Wildman–Crippen MR) is 80.8 cm³/mol. The molecule has 108 valence electrons. The molecule has 2 aromatic rings. The summed E-state index contributed by atoms with van der Waals surface area (Å²) < 4.78 is 10.9. The topological polar surface area (TPSA) is 61.6 Å². The molecule has 0 amide bonds. The summed E-state index contributed by atoms with van der Waals surface area (Å²) in [5, 5.41) is 0.421. The third kappa shape index (κ3) is 2.81. The molecule has 0 saturated heterocycles. The van der Waals surface area contributed by atoms with E-state index in [4.69, 9.17) is 26.8 Å². The third-order valence-electron chi connectivity index (χ3n) is 3.45. The summed E-state index contributed by atoms with van der Waals surface area (Å²) in [7, 11) is 0. The van der Waals surface area contributed by atoms with Crippen LogP contribution >= 0.6 is 11.6 Å². The molecule has 1 atom stereocenters. The molecule has 2 N–H and O–H groups in total. The molecule has 0 aliphatic carbocycles. The van der Waals surface area contributed by atoms with Gasteiger partial charge in [0.1, 0.15) is 12.4 Å². The van der Waals surface area contributed by atoms with Gasteiger partial charge in [-0.2, -0.15) is 0 Å². The molecule has 0 saturated carbocycles. The van der Waals surface area contributed by atoms with Crippen LogP contribution in [-0.2, 0) is 4.74 Å². The van der Waals surface area contributed by atoms with Crippen molar-refractivity contribution in [1.29, 1.82) is 0 Å². The van der Waals surface area contributed by atoms with Crippen molar-refractivity contribution in [2.24, 2.45) is 0 Å². The van der Waals surface area contributed by atoms with Crippen LogP contribution in [0, 0.1) is 0 Å². The number of fused-ring (bicyclic) bond motifs is 1. The van der Waals surface area contributed by atoms with Crippen LogP contribution in [0.25, 0.3) is 0 Å². The monoisotopic (exact) mass is 303 g/mol. The van der Waals surface area contributed by atoms with Crippen molar-refractivity contribution in [3.8, 4) is 5.75 Å². The first-order valence-electron chi connectivity index (χ1n) is 6.59. The Balaban J connectivity index is 1.66. The van der Waals surface area contributed by atoms with Gasteiger partial charge in [0.25, 0.3) is 0 Å². The number of carbonyl (C=O) groups excluding carboxylic acids is 1. The van der Waals surface area contributed by atoms with Gasteiger partial charge in [0.15, 0.2) is 0 Å². The average molecular weight is 304 g/mol. The summed E-state index contributed by atoms with van der Waals surface area (Å²) in [6.45, 7) is 0.799. The predicted octanol–water partition coefficient (Wildman–Crippen LogP) is 3.26. The molecule has 1 aliphatic rings. The fourth-order valence-corrected chi connectivity index (χ4v) is 2.42. The van der Waals surface area contributed by atoms with Crippen LogP contribution in [0.3, 0.4) is 0 Å². The summed E-state index contributed by atoms with van der Waals surface area (Å²) >= 11 is 5.83. The Morgan fingerprint density at radius 3 is 2.95 bits per heavy atom. The van der Waals surface area contributed by atoms with E-state index in [2.05, 4.69) is 0 Å². The Morgan fingerprint density at radius 2 is 2.14 bits per heavy atom. The van der Waals surface area contributed by atoms with E-state index >= 15 is 0 Å². The summed E-state index contributed by atoms with van der Waals surface area (Å²) in [5.74, 6) is 0.506. The maximum atomic E-state index is 12.0. The van der Waals surface area contributed by atoms with Gasteiger partial charge in [0.05, 0.1) is 28.8 Å². The number of rotatable bonds is 3. The first-order valence-corrected chi connectivity index (χ1v) is 6.97. The number of benzene rings is 2. The van der Waals surface area contributed by atoms with E-state index in [9.17, 15) is 4.79 Å². The van der Waals surface area contributed by atoms with Crippen molar-refractivity contribution in [3.63, 3.8) is 0 Å². The number of nitrogens with two attached hydrogens (primary N) is 1. The highest BCUT2D eigenvalue weighted by molar-refractivity contribution is 6.33. The highest BCUT2D eigenvalue weighted by Crippen LogP contribution is 2.33. The van der Waals surface area contributed by atoms with Crippen molar-refractivity contribution < 1.29 is 14.3 Å². The first-order chi connectivity index (χ1) is 10.1. The molecule has 1 heterocycles. The SMILES string of the molecule is Nc1cc(C(=O)OCC2COc3ccccc32)ccc1Cl. The van der Waals surface area contributed by atoms with Gasteiger partial charge in [-0.25, -0.2) is 4.79 Å². The van der Waals surface area contributed by atoms with Gasteiger partial charge in [-0.15, -0.1) is 0 Å². The minimum atomic E-state index is -0.414. The minimum Gasteiger partial charge on any atom is -0.493 e. The molecular formula is C16H14ClNO3. The Hall–Kier alpha value is -2.20. The number of hydrogen-bond acceptors (Lipinski definition) is 4. The maximum absolute atomic E-state index is 12.0. The second kappa shape index (κ2) is 5.66. The van der Waals surface area contributed by atoms with Crippen molar-refractivity contribution in [1.82, 2.24) is 0 Å². The molecule has 1 unspecified atom stereocenters. The average Bonchev–Trinajstić information content (AvgIpc) is 2.91. The molecule has 0 fully saturated rings. The molecular weight excluding hydrogens is 290 g/mol. The summed E-state index contributed by atoms with van der Waals surface area (Å²) in [6.07, 6.45) is 0. The van der Waals surface area contributed by atoms with E-state index in [0.717, 1.165) is 11.3 Å². The Kier molecular flexibility index (Phi) is 3.71. The molecule has 4 nitrogen and oxygen atoms in total. The zero-order chi connectivity index (χ0) is 14.8. The maximum Gasteiger partial charge on any atom is 0.338 e. The van der Waals surface area contributed by atoms with Crippen molar-refractivity contribution in [2.45, 2.75) is 5.92 Å². The van der Waals surface area contributed by atoms with Crippen LogP contribution < -0.4 is 10.5 Å². The highest BCUT2D eigenvalue weighted by Gasteiger charge is 2.25. The zero-order valence-electron chi connectivity index (χ0n) is 11.2. The first kappa shape index (κ1) is 13.8. The lowest BCUT2D eigenvalue weighted by atomic mass is 10.0. The summed E-state index contributed by atoms with van der Waals surface area (Å²) in [4.78, 5) is 12.0. The Labute approximate surface area is 127 Å². The third-order valence-corrected chi connectivity index (χ3v) is 3.79. The lowest BCUT2D eigenvalue weighted by Gasteiger charge is -2.10.